The van der Waals surface area contributed by atoms with Gasteiger partial charge in [0.25, 0.3) is 0 Å². The maximum atomic E-state index is 13.6. The Hall–Kier alpha value is -4.13. The van der Waals surface area contributed by atoms with Gasteiger partial charge in [-0.3, -0.25) is 9.69 Å². The quantitative estimate of drug-likeness (QED) is 0.0636. The van der Waals surface area contributed by atoms with Gasteiger partial charge in [0.1, 0.15) is 17.1 Å². The number of methoxy groups -OCH3 is 4. The minimum absolute atomic E-state index is 0.126. The molecule has 0 aliphatic heterocycles. The molecule has 0 atom stereocenters. The van der Waals surface area contributed by atoms with Crippen LogP contribution < -0.4 is 18.9 Å². The molecule has 2 heterocycles. The average Bonchev–Trinajstić information content (AvgIpc) is 3.56. The third-order valence-corrected chi connectivity index (χ3v) is 7.18. The lowest BCUT2D eigenvalue weighted by atomic mass is 10.0. The molecular weight excluding hydrogens is 728 g/mol. The maximum Gasteiger partial charge on any atom is 0.435 e. The number of fused-ring (bicyclic) bond motifs is 1. The van der Waals surface area contributed by atoms with E-state index in [1.807, 2.05) is 37.8 Å². The van der Waals surface area contributed by atoms with E-state index in [1.165, 1.54) is 25.9 Å². The number of hydrogen-bond donors (Lipinski definition) is 0. The summed E-state index contributed by atoms with van der Waals surface area (Å²) in [6.07, 6.45) is 0.720. The fourth-order valence-electron chi connectivity index (χ4n) is 4.59. The highest BCUT2D eigenvalue weighted by Crippen LogP contribution is 2.39. The third-order valence-electron chi connectivity index (χ3n) is 6.54. The zero-order valence-electron chi connectivity index (χ0n) is 27.5. The van der Waals surface area contributed by atoms with Crippen LogP contribution in [0, 0.1) is 22.0 Å². The molecule has 248 valence electrons. The average molecular weight is 766 g/mol. The number of alkyl halides is 1. The van der Waals surface area contributed by atoms with E-state index in [0.717, 1.165) is 17.6 Å². The van der Waals surface area contributed by atoms with Gasteiger partial charge in [-0.15, -0.1) is 5.92 Å². The fraction of sp³-hybridized carbons (Fsp3) is 0.387. The van der Waals surface area contributed by atoms with Gasteiger partial charge in [0.2, 0.25) is 16.1 Å². The van der Waals surface area contributed by atoms with Gasteiger partial charge in [-0.1, -0.05) is 33.8 Å². The Kier molecular flexibility index (Phi) is 14.5. The van der Waals surface area contributed by atoms with Crippen molar-refractivity contribution in [3.8, 4) is 34.8 Å². The molecule has 0 unspecified atom stereocenters. The SMILES string of the molecule is CBr.CC#Cc1c(OC)ccc2c(C(=O)c3cc(OC)c(OC)c(OC)c3)nn(CN(C)C)c12.CCc1c(Br)nc([N+](=O)[O-])n1C. The zero-order valence-corrected chi connectivity index (χ0v) is 30.7. The van der Waals surface area contributed by atoms with Gasteiger partial charge in [-0.25, -0.2) is 9.25 Å². The number of carbonyl (C=O) groups excluding carboxylic acids is 1. The number of carbonyl (C=O) groups is 1. The smallest absolute Gasteiger partial charge is 0.435 e. The topological polar surface area (TPSA) is 136 Å². The number of ether oxygens (including phenoxy) is 4. The van der Waals surface area contributed by atoms with Crippen LogP contribution in [-0.4, -0.2) is 83.3 Å². The highest BCUT2D eigenvalue weighted by Gasteiger charge is 2.25. The number of benzene rings is 2. The first kappa shape index (κ1) is 38.1. The lowest BCUT2D eigenvalue weighted by Gasteiger charge is -2.13. The minimum atomic E-state index is -0.496. The van der Waals surface area contributed by atoms with Crippen molar-refractivity contribution < 1.29 is 28.7 Å². The summed E-state index contributed by atoms with van der Waals surface area (Å²) in [5, 5.41) is 15.8. The summed E-state index contributed by atoms with van der Waals surface area (Å²) in [7, 11) is 11.6. The molecule has 0 saturated heterocycles. The van der Waals surface area contributed by atoms with Crippen LogP contribution in [0.15, 0.2) is 28.9 Å². The lowest BCUT2D eigenvalue weighted by Crippen LogP contribution is -2.18. The fourth-order valence-corrected chi connectivity index (χ4v) is 5.30. The Morgan fingerprint density at radius 3 is 2.04 bits per heavy atom. The van der Waals surface area contributed by atoms with Gasteiger partial charge in [0.05, 0.1) is 53.2 Å². The van der Waals surface area contributed by atoms with Crippen LogP contribution in [0.2, 0.25) is 0 Å². The van der Waals surface area contributed by atoms with E-state index < -0.39 is 4.92 Å². The zero-order chi connectivity index (χ0) is 34.7. The van der Waals surface area contributed by atoms with Crippen molar-refractivity contribution in [1.82, 2.24) is 24.2 Å². The van der Waals surface area contributed by atoms with E-state index >= 15 is 0 Å². The monoisotopic (exact) mass is 764 g/mol. The minimum Gasteiger partial charge on any atom is -0.495 e. The second kappa shape index (κ2) is 17.5. The first-order valence-corrected chi connectivity index (χ1v) is 16.1. The van der Waals surface area contributed by atoms with Crippen LogP contribution in [0.3, 0.4) is 0 Å². The molecule has 0 spiro atoms. The molecule has 2 aromatic carbocycles. The Balaban J connectivity index is 0.000000439. The Bertz CT molecular complexity index is 1730. The first-order valence-electron chi connectivity index (χ1n) is 13.7. The first-order chi connectivity index (χ1) is 22.0. The number of imidazole rings is 1. The van der Waals surface area contributed by atoms with Crippen molar-refractivity contribution >= 4 is 54.5 Å². The molecule has 4 aromatic rings. The Morgan fingerprint density at radius 2 is 1.63 bits per heavy atom. The van der Waals surface area contributed by atoms with Gasteiger partial charge < -0.3 is 29.1 Å². The normalized spacial score (nSPS) is 10.2. The van der Waals surface area contributed by atoms with Crippen LogP contribution in [0.1, 0.15) is 41.2 Å². The molecule has 46 heavy (non-hydrogen) atoms. The van der Waals surface area contributed by atoms with Gasteiger partial charge in [-0.2, -0.15) is 5.10 Å². The molecule has 0 radical (unpaired) electrons. The lowest BCUT2D eigenvalue weighted by molar-refractivity contribution is -0.396. The molecule has 0 fully saturated rings. The summed E-state index contributed by atoms with van der Waals surface area (Å²) in [5.41, 5.74) is 2.93. The van der Waals surface area contributed by atoms with Gasteiger partial charge >= 0.3 is 5.95 Å². The Labute approximate surface area is 285 Å². The molecule has 0 aliphatic rings. The second-order valence-corrected chi connectivity index (χ2v) is 10.3. The van der Waals surface area contributed by atoms with Crippen LogP contribution in [0.5, 0.6) is 23.0 Å². The van der Waals surface area contributed by atoms with Gasteiger partial charge in [-0.05, 0) is 72.0 Å². The van der Waals surface area contributed by atoms with Crippen molar-refractivity contribution in [2.75, 3.05) is 48.4 Å². The summed E-state index contributed by atoms with van der Waals surface area (Å²) in [6.45, 7) is 4.14. The molecule has 15 heteroatoms. The number of hydrogen-bond acceptors (Lipinski definition) is 10. The molecule has 0 bridgehead atoms. The van der Waals surface area contributed by atoms with Gasteiger partial charge in [0, 0.05) is 17.4 Å². The third kappa shape index (κ3) is 8.17. The second-order valence-electron chi connectivity index (χ2n) is 9.55. The van der Waals surface area contributed by atoms with Crippen molar-refractivity contribution in [1.29, 1.82) is 0 Å². The standard InChI is InChI=1S/C24H27N3O5.C6H8BrN3O2.CH3Br/c1-8-9-16-18(29-4)11-10-17-21(25-27(22(16)17)14-26(2)3)23(28)15-12-19(30-5)24(32-7)20(13-15)31-6;1-3-4-5(7)8-6(9(4)2)10(11)12;1-2/h10-13H,14H2,1-7H3;3H2,1-2H3;1H3. The number of halogens is 2. The molecule has 0 saturated carbocycles. The van der Waals surface area contributed by atoms with Crippen molar-refractivity contribution in [2.24, 2.45) is 7.05 Å². The van der Waals surface area contributed by atoms with E-state index in [2.05, 4.69) is 53.8 Å². The van der Waals surface area contributed by atoms with E-state index in [-0.39, 0.29) is 11.7 Å². The molecule has 2 aromatic heterocycles. The molecule has 13 nitrogen and oxygen atoms in total. The summed E-state index contributed by atoms with van der Waals surface area (Å²) in [6, 6.07) is 6.88. The molecule has 0 N–H and O–H groups in total. The Morgan fingerprint density at radius 1 is 1.04 bits per heavy atom. The van der Waals surface area contributed by atoms with Crippen molar-refractivity contribution in [3.05, 3.63) is 61.5 Å². The number of nitro groups is 1. The maximum absolute atomic E-state index is 13.6. The van der Waals surface area contributed by atoms with Crippen LogP contribution in [0.25, 0.3) is 10.9 Å². The van der Waals surface area contributed by atoms with Crippen molar-refractivity contribution in [2.45, 2.75) is 26.9 Å². The van der Waals surface area contributed by atoms with Crippen molar-refractivity contribution in [3.63, 3.8) is 0 Å². The van der Waals surface area contributed by atoms with E-state index in [9.17, 15) is 14.9 Å². The number of ketones is 1. The summed E-state index contributed by atoms with van der Waals surface area (Å²) in [4.78, 5) is 29.2. The molecule has 0 amide bonds. The summed E-state index contributed by atoms with van der Waals surface area (Å²) < 4.78 is 25.5. The number of aromatic nitrogens is 4. The highest BCUT2D eigenvalue weighted by atomic mass is 79.9. The predicted molar refractivity (Wildman–Crippen MR) is 184 cm³/mol. The molecule has 4 rings (SSSR count). The van der Waals surface area contributed by atoms with E-state index in [1.54, 1.807) is 44.0 Å². The van der Waals surface area contributed by atoms with Crippen LogP contribution >= 0.6 is 31.9 Å². The molecule has 0 aliphatic carbocycles. The van der Waals surface area contributed by atoms with E-state index in [4.69, 9.17) is 18.9 Å². The summed E-state index contributed by atoms with van der Waals surface area (Å²) >= 11 is 6.10. The highest BCUT2D eigenvalue weighted by molar-refractivity contribution is 9.10. The predicted octanol–water partition coefficient (Wildman–Crippen LogP) is 5.86. The van der Waals surface area contributed by atoms with Crippen LogP contribution in [0.4, 0.5) is 5.95 Å². The van der Waals surface area contributed by atoms with Gasteiger partial charge in [0.15, 0.2) is 11.5 Å². The summed E-state index contributed by atoms with van der Waals surface area (Å²) in [5.74, 6) is 9.28. The number of nitrogens with zero attached hydrogens (tertiary/aromatic N) is 6. The van der Waals surface area contributed by atoms with Crippen LogP contribution in [-0.2, 0) is 20.1 Å². The largest absolute Gasteiger partial charge is 0.495 e. The van der Waals surface area contributed by atoms with E-state index in [0.29, 0.717) is 56.5 Å². The number of rotatable bonds is 10. The molecular formula is C31H38Br2N6O7.